The molecule has 3 nitrogen and oxygen atoms in total. The van der Waals surface area contributed by atoms with Crippen LogP contribution in [0.15, 0.2) is 18.3 Å². The van der Waals surface area contributed by atoms with Gasteiger partial charge in [0.25, 0.3) is 0 Å². The first kappa shape index (κ1) is 15.3. The van der Waals surface area contributed by atoms with Crippen molar-refractivity contribution in [2.45, 2.75) is 27.3 Å². The van der Waals surface area contributed by atoms with Crippen LogP contribution < -0.4 is 10.1 Å². The number of rotatable bonds is 9. The minimum absolute atomic E-state index is 0.670. The van der Waals surface area contributed by atoms with Gasteiger partial charge >= 0.3 is 0 Å². The second kappa shape index (κ2) is 9.22. The zero-order chi connectivity index (χ0) is 13.2. The van der Waals surface area contributed by atoms with Crippen LogP contribution in [0.25, 0.3) is 0 Å². The van der Waals surface area contributed by atoms with E-state index in [9.17, 15) is 0 Å². The van der Waals surface area contributed by atoms with Gasteiger partial charge in [-0.15, -0.1) is 0 Å². The fourth-order valence-electron chi connectivity index (χ4n) is 1.45. The van der Waals surface area contributed by atoms with Gasteiger partial charge in [-0.25, -0.2) is 0 Å². The summed E-state index contributed by atoms with van der Waals surface area (Å²) in [5, 5.41) is 3.37. The highest BCUT2D eigenvalue weighted by atomic mass is 32.2. The number of hydrogen-bond donors (Lipinski definition) is 1. The lowest BCUT2D eigenvalue weighted by molar-refractivity contribution is 0.342. The summed E-state index contributed by atoms with van der Waals surface area (Å²) < 4.78 is 5.60. The summed E-state index contributed by atoms with van der Waals surface area (Å²) in [6.07, 6.45) is 1.81. The molecule has 1 N–H and O–H groups in total. The molecule has 0 unspecified atom stereocenters. The van der Waals surface area contributed by atoms with Crippen molar-refractivity contribution in [1.82, 2.24) is 10.3 Å². The molecule has 0 radical (unpaired) electrons. The predicted molar refractivity (Wildman–Crippen MR) is 79.3 cm³/mol. The Kier molecular flexibility index (Phi) is 7.85. The van der Waals surface area contributed by atoms with E-state index in [-0.39, 0.29) is 0 Å². The van der Waals surface area contributed by atoms with E-state index in [0.717, 1.165) is 42.6 Å². The van der Waals surface area contributed by atoms with E-state index in [2.05, 4.69) is 31.1 Å². The standard InChI is InChI=1S/C14H24N2OS/c1-4-18-8-7-17-14-6-5-13(16-11-14)10-15-9-12(2)3/h5-6,11-12,15H,4,7-10H2,1-3H3. The highest BCUT2D eigenvalue weighted by molar-refractivity contribution is 7.99. The van der Waals surface area contributed by atoms with E-state index in [1.54, 1.807) is 0 Å². The maximum atomic E-state index is 5.60. The maximum absolute atomic E-state index is 5.60. The highest BCUT2D eigenvalue weighted by Crippen LogP contribution is 2.10. The minimum atomic E-state index is 0.670. The molecule has 0 atom stereocenters. The third kappa shape index (κ3) is 6.87. The molecule has 0 amide bonds. The molecular formula is C14H24N2OS. The van der Waals surface area contributed by atoms with Crippen LogP contribution in [0.5, 0.6) is 5.75 Å². The largest absolute Gasteiger partial charge is 0.491 e. The highest BCUT2D eigenvalue weighted by Gasteiger charge is 1.98. The van der Waals surface area contributed by atoms with E-state index in [1.807, 2.05) is 30.1 Å². The van der Waals surface area contributed by atoms with Gasteiger partial charge in [-0.2, -0.15) is 11.8 Å². The number of thioether (sulfide) groups is 1. The van der Waals surface area contributed by atoms with Crippen molar-refractivity contribution in [2.24, 2.45) is 5.92 Å². The minimum Gasteiger partial charge on any atom is -0.491 e. The summed E-state index contributed by atoms with van der Waals surface area (Å²) in [6, 6.07) is 4.02. The first-order valence-corrected chi connectivity index (χ1v) is 7.74. The lowest BCUT2D eigenvalue weighted by Gasteiger charge is -2.08. The molecule has 1 heterocycles. The zero-order valence-corrected chi connectivity index (χ0v) is 12.4. The van der Waals surface area contributed by atoms with E-state index in [1.165, 1.54) is 0 Å². The molecule has 0 bridgehead atoms. The Hall–Kier alpha value is -0.740. The van der Waals surface area contributed by atoms with Gasteiger partial charge in [0.1, 0.15) is 5.75 Å². The van der Waals surface area contributed by atoms with Gasteiger partial charge in [-0.3, -0.25) is 4.98 Å². The molecule has 1 aromatic rings. The quantitative estimate of drug-likeness (QED) is 0.698. The lowest BCUT2D eigenvalue weighted by Crippen LogP contribution is -2.19. The van der Waals surface area contributed by atoms with Gasteiger partial charge in [0, 0.05) is 12.3 Å². The molecule has 0 saturated carbocycles. The van der Waals surface area contributed by atoms with Crippen LogP contribution in [0.3, 0.4) is 0 Å². The van der Waals surface area contributed by atoms with Crippen molar-refractivity contribution < 1.29 is 4.74 Å². The van der Waals surface area contributed by atoms with Crippen LogP contribution >= 0.6 is 11.8 Å². The third-order valence-electron chi connectivity index (χ3n) is 2.36. The Morgan fingerprint density at radius 2 is 2.22 bits per heavy atom. The normalized spacial score (nSPS) is 10.9. The lowest BCUT2D eigenvalue weighted by atomic mass is 10.2. The van der Waals surface area contributed by atoms with Gasteiger partial charge in [0.2, 0.25) is 0 Å². The second-order valence-electron chi connectivity index (χ2n) is 4.56. The molecule has 0 spiro atoms. The Morgan fingerprint density at radius 1 is 1.39 bits per heavy atom. The Labute approximate surface area is 115 Å². The van der Waals surface area contributed by atoms with Gasteiger partial charge < -0.3 is 10.1 Å². The second-order valence-corrected chi connectivity index (χ2v) is 5.95. The molecule has 18 heavy (non-hydrogen) atoms. The van der Waals surface area contributed by atoms with Crippen LogP contribution in [0.1, 0.15) is 26.5 Å². The van der Waals surface area contributed by atoms with Crippen molar-refractivity contribution in [2.75, 3.05) is 24.7 Å². The van der Waals surface area contributed by atoms with Crippen molar-refractivity contribution in [3.63, 3.8) is 0 Å². The predicted octanol–water partition coefficient (Wildman–Crippen LogP) is 2.96. The molecule has 0 aliphatic rings. The molecule has 0 aliphatic carbocycles. The summed E-state index contributed by atoms with van der Waals surface area (Å²) >= 11 is 1.89. The molecule has 1 aromatic heterocycles. The maximum Gasteiger partial charge on any atom is 0.137 e. The molecule has 1 rings (SSSR count). The fourth-order valence-corrected chi connectivity index (χ4v) is 1.94. The SMILES string of the molecule is CCSCCOc1ccc(CNCC(C)C)nc1. The van der Waals surface area contributed by atoms with Crippen LogP contribution in [0.4, 0.5) is 0 Å². The Balaban J connectivity index is 2.24. The molecule has 4 heteroatoms. The molecule has 0 fully saturated rings. The summed E-state index contributed by atoms with van der Waals surface area (Å²) in [7, 11) is 0. The first-order chi connectivity index (χ1) is 8.72. The van der Waals surface area contributed by atoms with Gasteiger partial charge in [-0.05, 0) is 30.3 Å². The average molecular weight is 268 g/mol. The van der Waals surface area contributed by atoms with Gasteiger partial charge in [0.05, 0.1) is 18.5 Å². The summed E-state index contributed by atoms with van der Waals surface area (Å²) in [5.74, 6) is 3.71. The van der Waals surface area contributed by atoms with Crippen molar-refractivity contribution in [1.29, 1.82) is 0 Å². The van der Waals surface area contributed by atoms with Crippen LogP contribution in [-0.4, -0.2) is 29.6 Å². The van der Waals surface area contributed by atoms with Crippen LogP contribution in [0, 0.1) is 5.92 Å². The van der Waals surface area contributed by atoms with Crippen LogP contribution in [-0.2, 0) is 6.54 Å². The van der Waals surface area contributed by atoms with E-state index < -0.39 is 0 Å². The van der Waals surface area contributed by atoms with E-state index in [0.29, 0.717) is 5.92 Å². The van der Waals surface area contributed by atoms with Gasteiger partial charge in [-0.1, -0.05) is 20.8 Å². The molecule has 0 aromatic carbocycles. The molecular weight excluding hydrogens is 244 g/mol. The Morgan fingerprint density at radius 3 is 2.83 bits per heavy atom. The fraction of sp³-hybridized carbons (Fsp3) is 0.643. The molecule has 102 valence electrons. The first-order valence-electron chi connectivity index (χ1n) is 6.58. The number of nitrogens with one attached hydrogen (secondary N) is 1. The number of nitrogens with zero attached hydrogens (tertiary/aromatic N) is 1. The number of hydrogen-bond acceptors (Lipinski definition) is 4. The third-order valence-corrected chi connectivity index (χ3v) is 3.22. The number of aromatic nitrogens is 1. The van der Waals surface area contributed by atoms with Crippen LogP contribution in [0.2, 0.25) is 0 Å². The zero-order valence-electron chi connectivity index (χ0n) is 11.6. The van der Waals surface area contributed by atoms with Crippen molar-refractivity contribution in [3.8, 4) is 5.75 Å². The molecule has 0 saturated heterocycles. The smallest absolute Gasteiger partial charge is 0.137 e. The number of ether oxygens (including phenoxy) is 1. The van der Waals surface area contributed by atoms with Crippen molar-refractivity contribution >= 4 is 11.8 Å². The Bertz CT molecular complexity index is 314. The topological polar surface area (TPSA) is 34.1 Å². The summed E-state index contributed by atoms with van der Waals surface area (Å²) in [6.45, 7) is 9.16. The number of pyridine rings is 1. The van der Waals surface area contributed by atoms with E-state index >= 15 is 0 Å². The summed E-state index contributed by atoms with van der Waals surface area (Å²) in [5.41, 5.74) is 1.06. The van der Waals surface area contributed by atoms with E-state index in [4.69, 9.17) is 4.74 Å². The molecule has 0 aliphatic heterocycles. The summed E-state index contributed by atoms with van der Waals surface area (Å²) in [4.78, 5) is 4.38. The average Bonchev–Trinajstić information content (AvgIpc) is 2.36. The monoisotopic (exact) mass is 268 g/mol. The van der Waals surface area contributed by atoms with Gasteiger partial charge in [0.15, 0.2) is 0 Å². The van der Waals surface area contributed by atoms with Crippen molar-refractivity contribution in [3.05, 3.63) is 24.0 Å².